The van der Waals surface area contributed by atoms with Crippen LogP contribution in [0.4, 0.5) is 0 Å². The molecule has 1 atom stereocenters. The summed E-state index contributed by atoms with van der Waals surface area (Å²) < 4.78 is 5.80. The summed E-state index contributed by atoms with van der Waals surface area (Å²) in [5.74, 6) is 2.33. The molecule has 0 amide bonds. The number of ether oxygens (including phenoxy) is 1. The topological polar surface area (TPSA) is 21.3 Å². The minimum Gasteiger partial charge on any atom is -0.493 e. The maximum absolute atomic E-state index is 5.83. The molecule has 1 aliphatic rings. The minimum absolute atomic E-state index is 0.618. The first-order valence-corrected chi connectivity index (χ1v) is 6.72. The molecule has 1 aliphatic heterocycles. The van der Waals surface area contributed by atoms with Gasteiger partial charge in [-0.15, -0.1) is 0 Å². The number of benzene rings is 1. The SMILES string of the molecule is CC(COc1ccc(Cl)cc1)C1CCNCC1. The highest BCUT2D eigenvalue weighted by Gasteiger charge is 2.20. The van der Waals surface area contributed by atoms with Gasteiger partial charge in [-0.05, 0) is 62.0 Å². The molecule has 2 rings (SSSR count). The lowest BCUT2D eigenvalue weighted by molar-refractivity contribution is 0.181. The molecule has 1 aromatic carbocycles. The lowest BCUT2D eigenvalue weighted by Gasteiger charge is -2.28. The van der Waals surface area contributed by atoms with Crippen molar-refractivity contribution in [3.05, 3.63) is 29.3 Å². The summed E-state index contributed by atoms with van der Waals surface area (Å²) in [6, 6.07) is 7.59. The van der Waals surface area contributed by atoms with Gasteiger partial charge in [-0.2, -0.15) is 0 Å². The number of hydrogen-bond donors (Lipinski definition) is 1. The van der Waals surface area contributed by atoms with Crippen molar-refractivity contribution >= 4 is 11.6 Å². The van der Waals surface area contributed by atoms with E-state index in [0.717, 1.165) is 36.4 Å². The Kier molecular flexibility index (Phi) is 4.69. The highest BCUT2D eigenvalue weighted by atomic mass is 35.5. The van der Waals surface area contributed by atoms with Crippen molar-refractivity contribution in [2.45, 2.75) is 19.8 Å². The van der Waals surface area contributed by atoms with Crippen molar-refractivity contribution < 1.29 is 4.74 Å². The fraction of sp³-hybridized carbons (Fsp3) is 0.571. The van der Waals surface area contributed by atoms with Crippen molar-refractivity contribution in [1.82, 2.24) is 5.32 Å². The van der Waals surface area contributed by atoms with Gasteiger partial charge in [0, 0.05) is 5.02 Å². The normalized spacial score (nSPS) is 18.9. The van der Waals surface area contributed by atoms with Gasteiger partial charge in [0.2, 0.25) is 0 Å². The third-order valence-corrected chi connectivity index (χ3v) is 3.77. The first kappa shape index (κ1) is 12.7. The second-order valence-corrected chi connectivity index (χ2v) is 5.27. The lowest BCUT2D eigenvalue weighted by Crippen LogP contribution is -2.32. The molecule has 0 bridgehead atoms. The standard InChI is InChI=1S/C14H20ClNO/c1-11(12-6-8-16-9-7-12)10-17-14-4-2-13(15)3-5-14/h2-5,11-12,16H,6-10H2,1H3. The highest BCUT2D eigenvalue weighted by Crippen LogP contribution is 2.23. The maximum atomic E-state index is 5.83. The Bertz CT molecular complexity index is 333. The van der Waals surface area contributed by atoms with Crippen molar-refractivity contribution in [1.29, 1.82) is 0 Å². The van der Waals surface area contributed by atoms with Gasteiger partial charge in [0.15, 0.2) is 0 Å². The number of halogens is 1. The van der Waals surface area contributed by atoms with Crippen LogP contribution < -0.4 is 10.1 Å². The third kappa shape index (κ3) is 3.90. The van der Waals surface area contributed by atoms with Gasteiger partial charge in [-0.25, -0.2) is 0 Å². The second kappa shape index (κ2) is 6.27. The number of nitrogens with one attached hydrogen (secondary N) is 1. The Morgan fingerprint density at radius 1 is 1.29 bits per heavy atom. The molecule has 94 valence electrons. The van der Waals surface area contributed by atoms with Crippen molar-refractivity contribution in [2.75, 3.05) is 19.7 Å². The lowest BCUT2D eigenvalue weighted by atomic mass is 9.87. The Morgan fingerprint density at radius 3 is 2.59 bits per heavy atom. The van der Waals surface area contributed by atoms with Gasteiger partial charge in [-0.3, -0.25) is 0 Å². The number of hydrogen-bond acceptors (Lipinski definition) is 2. The Hall–Kier alpha value is -0.730. The molecule has 1 heterocycles. The van der Waals surface area contributed by atoms with Crippen LogP contribution in [0, 0.1) is 11.8 Å². The predicted octanol–water partition coefficient (Wildman–Crippen LogP) is 3.35. The van der Waals surface area contributed by atoms with Crippen LogP contribution in [0.15, 0.2) is 24.3 Å². The van der Waals surface area contributed by atoms with Gasteiger partial charge in [0.25, 0.3) is 0 Å². The summed E-state index contributed by atoms with van der Waals surface area (Å²) in [4.78, 5) is 0. The zero-order valence-electron chi connectivity index (χ0n) is 10.3. The fourth-order valence-electron chi connectivity index (χ4n) is 2.31. The Balaban J connectivity index is 1.78. The van der Waals surface area contributed by atoms with E-state index in [0.29, 0.717) is 5.92 Å². The molecule has 17 heavy (non-hydrogen) atoms. The molecule has 0 spiro atoms. The predicted molar refractivity (Wildman–Crippen MR) is 71.7 cm³/mol. The van der Waals surface area contributed by atoms with Crippen LogP contribution in [0.2, 0.25) is 5.02 Å². The first-order valence-electron chi connectivity index (χ1n) is 6.35. The van der Waals surface area contributed by atoms with Crippen molar-refractivity contribution in [2.24, 2.45) is 11.8 Å². The molecule has 0 aromatic heterocycles. The molecular formula is C14H20ClNO. The van der Waals surface area contributed by atoms with Gasteiger partial charge < -0.3 is 10.1 Å². The van der Waals surface area contributed by atoms with Gasteiger partial charge in [-0.1, -0.05) is 18.5 Å². The van der Waals surface area contributed by atoms with E-state index in [1.165, 1.54) is 12.8 Å². The van der Waals surface area contributed by atoms with Crippen LogP contribution in [-0.4, -0.2) is 19.7 Å². The minimum atomic E-state index is 0.618. The zero-order chi connectivity index (χ0) is 12.1. The van der Waals surface area contributed by atoms with Crippen LogP contribution in [0.25, 0.3) is 0 Å². The molecular weight excluding hydrogens is 234 g/mol. The van der Waals surface area contributed by atoms with Crippen LogP contribution in [0.1, 0.15) is 19.8 Å². The first-order chi connectivity index (χ1) is 8.25. The second-order valence-electron chi connectivity index (χ2n) is 4.83. The van der Waals surface area contributed by atoms with E-state index in [1.54, 1.807) is 0 Å². The highest BCUT2D eigenvalue weighted by molar-refractivity contribution is 6.30. The van der Waals surface area contributed by atoms with E-state index in [2.05, 4.69) is 12.2 Å². The number of piperidine rings is 1. The largest absolute Gasteiger partial charge is 0.493 e. The van der Waals surface area contributed by atoms with E-state index < -0.39 is 0 Å². The summed E-state index contributed by atoms with van der Waals surface area (Å²) in [5, 5.41) is 4.15. The van der Waals surface area contributed by atoms with Crippen molar-refractivity contribution in [3.8, 4) is 5.75 Å². The Labute approximate surface area is 108 Å². The van der Waals surface area contributed by atoms with Gasteiger partial charge in [0.1, 0.15) is 5.75 Å². The molecule has 1 aromatic rings. The average Bonchev–Trinajstić information content (AvgIpc) is 2.39. The molecule has 2 nitrogen and oxygen atoms in total. The van der Waals surface area contributed by atoms with Crippen molar-refractivity contribution in [3.63, 3.8) is 0 Å². The molecule has 0 aliphatic carbocycles. The quantitative estimate of drug-likeness (QED) is 0.889. The summed E-state index contributed by atoms with van der Waals surface area (Å²) in [5.41, 5.74) is 0. The summed E-state index contributed by atoms with van der Waals surface area (Å²) in [7, 11) is 0. The van der Waals surface area contributed by atoms with E-state index in [4.69, 9.17) is 16.3 Å². The maximum Gasteiger partial charge on any atom is 0.119 e. The van der Waals surface area contributed by atoms with Gasteiger partial charge in [0.05, 0.1) is 6.61 Å². The fourth-order valence-corrected chi connectivity index (χ4v) is 2.43. The number of rotatable bonds is 4. The van der Waals surface area contributed by atoms with Crippen LogP contribution in [-0.2, 0) is 0 Å². The van der Waals surface area contributed by atoms with E-state index >= 15 is 0 Å². The van der Waals surface area contributed by atoms with E-state index in [-0.39, 0.29) is 0 Å². The average molecular weight is 254 g/mol. The van der Waals surface area contributed by atoms with Gasteiger partial charge >= 0.3 is 0 Å². The molecule has 3 heteroatoms. The zero-order valence-corrected chi connectivity index (χ0v) is 11.0. The molecule has 1 saturated heterocycles. The Morgan fingerprint density at radius 2 is 1.94 bits per heavy atom. The summed E-state index contributed by atoms with van der Waals surface area (Å²) in [6.07, 6.45) is 2.54. The monoisotopic (exact) mass is 253 g/mol. The van der Waals surface area contributed by atoms with Crippen LogP contribution >= 0.6 is 11.6 Å². The van der Waals surface area contributed by atoms with Crippen LogP contribution in [0.3, 0.4) is 0 Å². The molecule has 0 saturated carbocycles. The molecule has 0 radical (unpaired) electrons. The molecule has 1 unspecified atom stereocenters. The third-order valence-electron chi connectivity index (χ3n) is 3.52. The summed E-state index contributed by atoms with van der Waals surface area (Å²) in [6.45, 7) is 5.38. The van der Waals surface area contributed by atoms with Crippen LogP contribution in [0.5, 0.6) is 5.75 Å². The smallest absolute Gasteiger partial charge is 0.119 e. The summed E-state index contributed by atoms with van der Waals surface area (Å²) >= 11 is 5.83. The van der Waals surface area contributed by atoms with E-state index in [9.17, 15) is 0 Å². The van der Waals surface area contributed by atoms with E-state index in [1.807, 2.05) is 24.3 Å². The molecule has 1 fully saturated rings. The molecule has 1 N–H and O–H groups in total.